The van der Waals surface area contributed by atoms with E-state index in [1.54, 1.807) is 6.92 Å². The lowest BCUT2D eigenvalue weighted by Gasteiger charge is -2.33. The Balaban J connectivity index is 2.46. The zero-order valence-corrected chi connectivity index (χ0v) is 9.81. The van der Waals surface area contributed by atoms with Crippen LogP contribution in [0.25, 0.3) is 0 Å². The average Bonchev–Trinajstić information content (AvgIpc) is 2.26. The van der Waals surface area contributed by atoms with Gasteiger partial charge in [-0.15, -0.1) is 11.6 Å². The molecule has 0 saturated carbocycles. The number of likely N-dealkylation sites (tertiary alicyclic amines) is 1. The largest absolute Gasteiger partial charge is 0.391 e. The number of carbonyl (C=O) groups is 1. The molecule has 0 aromatic rings. The Hall–Kier alpha value is -0.450. The highest BCUT2D eigenvalue weighted by atomic mass is 35.5. The Morgan fingerprint density at radius 3 is 2.31 bits per heavy atom. The maximum absolute atomic E-state index is 12.4. The van der Waals surface area contributed by atoms with E-state index in [0.29, 0.717) is 6.42 Å². The molecule has 0 bridgehead atoms. The van der Waals surface area contributed by atoms with Crippen LogP contribution in [0, 0.1) is 5.92 Å². The molecule has 1 aliphatic rings. The molecule has 2 nitrogen and oxygen atoms in total. The second-order valence-corrected chi connectivity index (χ2v) is 4.54. The lowest BCUT2D eigenvalue weighted by atomic mass is 9.96. The number of nitrogens with zero attached hydrogens (tertiary/aromatic N) is 1. The summed E-state index contributed by atoms with van der Waals surface area (Å²) in [5.41, 5.74) is 0. The summed E-state index contributed by atoms with van der Waals surface area (Å²) in [4.78, 5) is 13.0. The third-order valence-electron chi connectivity index (χ3n) is 2.90. The van der Waals surface area contributed by atoms with Crippen LogP contribution in [0.15, 0.2) is 0 Å². The summed E-state index contributed by atoms with van der Waals surface area (Å²) in [6, 6.07) is 0. The molecule has 0 aromatic carbocycles. The van der Waals surface area contributed by atoms with Crippen molar-refractivity contribution in [3.63, 3.8) is 0 Å². The highest BCUT2D eigenvalue weighted by Crippen LogP contribution is 2.34. The first kappa shape index (κ1) is 13.6. The van der Waals surface area contributed by atoms with Crippen molar-refractivity contribution in [2.24, 2.45) is 5.92 Å². The van der Waals surface area contributed by atoms with Crippen LogP contribution in [0.2, 0.25) is 0 Å². The number of halogens is 4. The molecule has 0 unspecified atom stereocenters. The number of amides is 1. The average molecular weight is 258 g/mol. The van der Waals surface area contributed by atoms with E-state index in [0.717, 1.165) is 0 Å². The zero-order valence-electron chi connectivity index (χ0n) is 9.06. The van der Waals surface area contributed by atoms with E-state index >= 15 is 0 Å². The minimum atomic E-state index is -4.14. The molecule has 1 heterocycles. The molecule has 1 atom stereocenters. The van der Waals surface area contributed by atoms with E-state index in [1.807, 2.05) is 0 Å². The fourth-order valence-electron chi connectivity index (χ4n) is 1.80. The van der Waals surface area contributed by atoms with Crippen LogP contribution in [0.5, 0.6) is 0 Å². The van der Waals surface area contributed by atoms with Crippen LogP contribution in [0.4, 0.5) is 13.2 Å². The van der Waals surface area contributed by atoms with Crippen molar-refractivity contribution in [3.05, 3.63) is 0 Å². The maximum Gasteiger partial charge on any atom is 0.391 e. The van der Waals surface area contributed by atoms with Gasteiger partial charge in [0.25, 0.3) is 0 Å². The first-order valence-corrected chi connectivity index (χ1v) is 5.79. The Labute approximate surface area is 97.7 Å². The Kier molecular flexibility index (Phi) is 4.47. The summed E-state index contributed by atoms with van der Waals surface area (Å²) in [7, 11) is 0. The smallest absolute Gasteiger partial charge is 0.341 e. The van der Waals surface area contributed by atoms with Crippen molar-refractivity contribution in [2.75, 3.05) is 13.1 Å². The predicted molar refractivity (Wildman–Crippen MR) is 55.3 cm³/mol. The molecule has 1 amide bonds. The molecular formula is C10H15ClF3NO. The third kappa shape index (κ3) is 3.27. The number of piperidine rings is 1. The topological polar surface area (TPSA) is 20.3 Å². The molecule has 0 aliphatic carbocycles. The molecule has 1 fully saturated rings. The molecule has 1 rings (SSSR count). The van der Waals surface area contributed by atoms with Gasteiger partial charge in [0.15, 0.2) is 0 Å². The van der Waals surface area contributed by atoms with Crippen molar-refractivity contribution < 1.29 is 18.0 Å². The van der Waals surface area contributed by atoms with E-state index in [-0.39, 0.29) is 31.8 Å². The summed E-state index contributed by atoms with van der Waals surface area (Å²) in [6.07, 6.45) is -3.66. The van der Waals surface area contributed by atoms with Gasteiger partial charge < -0.3 is 4.90 Å². The van der Waals surface area contributed by atoms with E-state index in [9.17, 15) is 18.0 Å². The van der Waals surface area contributed by atoms with Gasteiger partial charge in [0.1, 0.15) is 5.38 Å². The second kappa shape index (κ2) is 5.25. The zero-order chi connectivity index (χ0) is 12.3. The summed E-state index contributed by atoms with van der Waals surface area (Å²) < 4.78 is 37.1. The van der Waals surface area contributed by atoms with Crippen LogP contribution >= 0.6 is 11.6 Å². The van der Waals surface area contributed by atoms with Gasteiger partial charge in [-0.1, -0.05) is 6.92 Å². The summed E-state index contributed by atoms with van der Waals surface area (Å²) in [5, 5.41) is -0.609. The van der Waals surface area contributed by atoms with E-state index in [2.05, 4.69) is 0 Å². The van der Waals surface area contributed by atoms with Gasteiger partial charge in [-0.3, -0.25) is 4.79 Å². The SMILES string of the molecule is CC[C@@H](Cl)C(=O)N1CCC(C(F)(F)F)CC1. The first-order valence-electron chi connectivity index (χ1n) is 5.35. The normalized spacial score (nSPS) is 20.9. The first-order chi connectivity index (χ1) is 7.36. The molecule has 6 heteroatoms. The Bertz CT molecular complexity index is 249. The second-order valence-electron chi connectivity index (χ2n) is 4.02. The number of hydrogen-bond acceptors (Lipinski definition) is 1. The van der Waals surface area contributed by atoms with Gasteiger partial charge in [-0.05, 0) is 19.3 Å². The number of alkyl halides is 4. The van der Waals surface area contributed by atoms with Crippen LogP contribution in [0.3, 0.4) is 0 Å². The van der Waals surface area contributed by atoms with Crippen molar-refractivity contribution in [1.29, 1.82) is 0 Å². The Morgan fingerprint density at radius 2 is 1.94 bits per heavy atom. The summed E-state index contributed by atoms with van der Waals surface area (Å²) in [6.45, 7) is 2.09. The van der Waals surface area contributed by atoms with E-state index in [1.165, 1.54) is 4.90 Å². The molecule has 0 N–H and O–H groups in total. The monoisotopic (exact) mass is 257 g/mol. The van der Waals surface area contributed by atoms with Crippen LogP contribution in [-0.4, -0.2) is 35.4 Å². The molecule has 16 heavy (non-hydrogen) atoms. The molecule has 1 saturated heterocycles. The fourth-order valence-corrected chi connectivity index (χ4v) is 1.94. The molecule has 0 spiro atoms. The summed E-state index contributed by atoms with van der Waals surface area (Å²) in [5.74, 6) is -1.52. The third-order valence-corrected chi connectivity index (χ3v) is 3.39. The van der Waals surface area contributed by atoms with Crippen LogP contribution < -0.4 is 0 Å². The minimum absolute atomic E-state index is 0.0113. The highest BCUT2D eigenvalue weighted by molar-refractivity contribution is 6.30. The van der Waals surface area contributed by atoms with Crippen molar-refractivity contribution in [1.82, 2.24) is 4.90 Å². The van der Waals surface area contributed by atoms with Crippen molar-refractivity contribution >= 4 is 17.5 Å². The molecular weight excluding hydrogens is 243 g/mol. The Morgan fingerprint density at radius 1 is 1.44 bits per heavy atom. The fraction of sp³-hybridized carbons (Fsp3) is 0.900. The molecule has 0 aromatic heterocycles. The quantitative estimate of drug-likeness (QED) is 0.697. The van der Waals surface area contributed by atoms with Gasteiger partial charge in [-0.25, -0.2) is 0 Å². The van der Waals surface area contributed by atoms with Crippen molar-refractivity contribution in [2.45, 2.75) is 37.7 Å². The van der Waals surface area contributed by atoms with E-state index in [4.69, 9.17) is 11.6 Å². The predicted octanol–water partition coefficient (Wildman–Crippen LogP) is 2.80. The van der Waals surface area contributed by atoms with Crippen LogP contribution in [0.1, 0.15) is 26.2 Å². The molecule has 0 radical (unpaired) electrons. The van der Waals surface area contributed by atoms with E-state index < -0.39 is 17.5 Å². The summed E-state index contributed by atoms with van der Waals surface area (Å²) >= 11 is 5.76. The van der Waals surface area contributed by atoms with Gasteiger partial charge in [0.05, 0.1) is 5.92 Å². The molecule has 94 valence electrons. The highest BCUT2D eigenvalue weighted by Gasteiger charge is 2.42. The van der Waals surface area contributed by atoms with Gasteiger partial charge in [0.2, 0.25) is 5.91 Å². The van der Waals surface area contributed by atoms with Crippen LogP contribution in [-0.2, 0) is 4.79 Å². The number of rotatable bonds is 2. The lowest BCUT2D eigenvalue weighted by Crippen LogP contribution is -2.44. The number of carbonyl (C=O) groups excluding carboxylic acids is 1. The lowest BCUT2D eigenvalue weighted by molar-refractivity contribution is -0.186. The van der Waals surface area contributed by atoms with Gasteiger partial charge in [-0.2, -0.15) is 13.2 Å². The minimum Gasteiger partial charge on any atom is -0.341 e. The van der Waals surface area contributed by atoms with Gasteiger partial charge in [0, 0.05) is 13.1 Å². The molecule has 1 aliphatic heterocycles. The van der Waals surface area contributed by atoms with Gasteiger partial charge >= 0.3 is 6.18 Å². The standard InChI is InChI=1S/C10H15ClF3NO/c1-2-8(11)9(16)15-5-3-7(4-6-15)10(12,13)14/h7-8H,2-6H2,1H3/t8-/m1/s1. The van der Waals surface area contributed by atoms with Crippen molar-refractivity contribution in [3.8, 4) is 0 Å². The maximum atomic E-state index is 12.4. The number of hydrogen-bond donors (Lipinski definition) is 0.